The number of rotatable bonds is 8. The summed E-state index contributed by atoms with van der Waals surface area (Å²) in [6.45, 7) is 0.415. The van der Waals surface area contributed by atoms with Gasteiger partial charge in [0.05, 0.1) is 27.7 Å². The van der Waals surface area contributed by atoms with Crippen LogP contribution in [-0.4, -0.2) is 21.6 Å². The fourth-order valence-electron chi connectivity index (χ4n) is 6.20. The Morgan fingerprint density at radius 3 is 2.08 bits per heavy atom. The van der Waals surface area contributed by atoms with Crippen molar-refractivity contribution in [3.63, 3.8) is 0 Å². The van der Waals surface area contributed by atoms with Crippen LogP contribution in [0, 0.1) is 5.82 Å². The molecule has 1 saturated carbocycles. The van der Waals surface area contributed by atoms with Crippen LogP contribution in [0.2, 0.25) is 0 Å². The summed E-state index contributed by atoms with van der Waals surface area (Å²) in [6.07, 6.45) is -1.68. The third-order valence-corrected chi connectivity index (χ3v) is 8.86. The molecule has 1 aliphatic carbocycles. The average Bonchev–Trinajstić information content (AvgIpc) is 3.75. The van der Waals surface area contributed by atoms with Crippen molar-refractivity contribution in [1.29, 1.82) is 0 Å². The van der Waals surface area contributed by atoms with Crippen molar-refractivity contribution in [3.05, 3.63) is 155 Å². The third-order valence-electron chi connectivity index (χ3n) is 8.86. The molecule has 1 fully saturated rings. The van der Waals surface area contributed by atoms with Crippen LogP contribution < -0.4 is 5.32 Å². The highest BCUT2D eigenvalue weighted by Gasteiger charge is 2.46. The molecule has 1 heterocycles. The number of fused-ring (bicyclic) bond motifs is 1. The molecular formula is C39H28F4N2O3. The number of hydrogen-bond acceptors (Lipinski definition) is 2. The SMILES string of the molecule is O=C(O)c1ccc(C2(NC(=O)c3cc(-c4cc(F)cc(C(F)(F)F)c4)cc4ccn(Cc5ccc(-c6ccccc6)cc5)c34)CC2)cc1. The molecule has 1 aromatic heterocycles. The Hall–Kier alpha value is -5.70. The fraction of sp³-hybridized carbons (Fsp3) is 0.128. The Morgan fingerprint density at radius 2 is 1.44 bits per heavy atom. The molecule has 1 amide bonds. The first-order valence-electron chi connectivity index (χ1n) is 15.3. The predicted octanol–water partition coefficient (Wildman–Crippen LogP) is 9.30. The van der Waals surface area contributed by atoms with Gasteiger partial charge in [0.15, 0.2) is 0 Å². The van der Waals surface area contributed by atoms with Gasteiger partial charge in [0.1, 0.15) is 5.82 Å². The van der Waals surface area contributed by atoms with Gasteiger partial charge < -0.3 is 15.0 Å². The third kappa shape index (κ3) is 6.07. The summed E-state index contributed by atoms with van der Waals surface area (Å²) in [7, 11) is 0. The van der Waals surface area contributed by atoms with Crippen molar-refractivity contribution in [3.8, 4) is 22.3 Å². The monoisotopic (exact) mass is 648 g/mol. The molecule has 2 N–H and O–H groups in total. The molecule has 5 nitrogen and oxygen atoms in total. The summed E-state index contributed by atoms with van der Waals surface area (Å²) in [6, 6.07) is 31.6. The number of amides is 1. The number of nitrogens with zero attached hydrogens (tertiary/aromatic N) is 1. The highest BCUT2D eigenvalue weighted by atomic mass is 19.4. The number of carboxylic acid groups (broad SMARTS) is 1. The van der Waals surface area contributed by atoms with E-state index in [1.807, 2.05) is 65.4 Å². The first kappa shape index (κ1) is 30.9. The topological polar surface area (TPSA) is 71.3 Å². The van der Waals surface area contributed by atoms with Crippen molar-refractivity contribution in [1.82, 2.24) is 9.88 Å². The molecule has 0 unspecified atom stereocenters. The van der Waals surface area contributed by atoms with Crippen LogP contribution in [-0.2, 0) is 18.3 Å². The first-order chi connectivity index (χ1) is 23.0. The minimum absolute atomic E-state index is 0.00656. The van der Waals surface area contributed by atoms with Gasteiger partial charge in [-0.25, -0.2) is 9.18 Å². The second-order valence-corrected chi connectivity index (χ2v) is 12.1. The predicted molar refractivity (Wildman–Crippen MR) is 175 cm³/mol. The van der Waals surface area contributed by atoms with E-state index in [9.17, 15) is 32.3 Å². The Morgan fingerprint density at radius 1 is 0.771 bits per heavy atom. The minimum Gasteiger partial charge on any atom is -0.478 e. The van der Waals surface area contributed by atoms with Crippen LogP contribution in [0.15, 0.2) is 121 Å². The molecule has 0 bridgehead atoms. The molecule has 6 aromatic rings. The standard InChI is InChI=1S/C39H28F4N2O3/c40-33-20-30(19-32(22-33)39(41,42)43)29-18-28-14-17-45(23-24-6-8-26(9-7-24)25-4-2-1-3-5-25)35(28)34(21-29)36(46)44-38(15-16-38)31-12-10-27(11-13-31)37(47)48/h1-14,17-22H,15-16,23H2,(H,44,46)(H,47,48). The largest absolute Gasteiger partial charge is 0.478 e. The van der Waals surface area contributed by atoms with Gasteiger partial charge >= 0.3 is 12.1 Å². The van der Waals surface area contributed by atoms with Gasteiger partial charge in [-0.15, -0.1) is 0 Å². The summed E-state index contributed by atoms with van der Waals surface area (Å²) in [5.74, 6) is -2.55. The van der Waals surface area contributed by atoms with Gasteiger partial charge in [-0.05, 0) is 94.8 Å². The number of carbonyl (C=O) groups excluding carboxylic acids is 1. The van der Waals surface area contributed by atoms with Crippen molar-refractivity contribution in [2.75, 3.05) is 0 Å². The van der Waals surface area contributed by atoms with E-state index in [0.29, 0.717) is 36.4 Å². The number of hydrogen-bond donors (Lipinski definition) is 2. The second kappa shape index (κ2) is 11.8. The zero-order valence-corrected chi connectivity index (χ0v) is 25.4. The van der Waals surface area contributed by atoms with Crippen molar-refractivity contribution < 1.29 is 32.3 Å². The molecular weight excluding hydrogens is 620 g/mol. The Balaban J connectivity index is 1.29. The number of aromatic carboxylic acids is 1. The Bertz CT molecular complexity index is 2170. The highest BCUT2D eigenvalue weighted by molar-refractivity contribution is 6.08. The molecule has 0 aliphatic heterocycles. The van der Waals surface area contributed by atoms with E-state index in [-0.39, 0.29) is 22.3 Å². The molecule has 9 heteroatoms. The molecule has 240 valence electrons. The zero-order chi connectivity index (χ0) is 33.6. The maximum atomic E-state index is 14.5. The van der Waals surface area contributed by atoms with E-state index in [1.165, 1.54) is 18.2 Å². The first-order valence-corrected chi connectivity index (χ1v) is 15.3. The maximum absolute atomic E-state index is 14.5. The van der Waals surface area contributed by atoms with Gasteiger partial charge in [0.2, 0.25) is 0 Å². The number of halogens is 4. The number of benzene rings is 5. The average molecular weight is 649 g/mol. The van der Waals surface area contributed by atoms with Crippen LogP contribution in [0.1, 0.15) is 50.2 Å². The fourth-order valence-corrected chi connectivity index (χ4v) is 6.20. The van der Waals surface area contributed by atoms with Gasteiger partial charge in [-0.3, -0.25) is 4.79 Å². The minimum atomic E-state index is -4.75. The van der Waals surface area contributed by atoms with Crippen molar-refractivity contribution in [2.45, 2.75) is 31.1 Å². The molecule has 0 atom stereocenters. The molecule has 0 saturated heterocycles. The number of carbonyl (C=O) groups is 2. The van der Waals surface area contributed by atoms with Gasteiger partial charge in [0.25, 0.3) is 5.91 Å². The van der Waals surface area contributed by atoms with Crippen LogP contribution in [0.4, 0.5) is 17.6 Å². The molecule has 1 aliphatic rings. The lowest BCUT2D eigenvalue weighted by molar-refractivity contribution is -0.137. The van der Waals surface area contributed by atoms with E-state index >= 15 is 0 Å². The van der Waals surface area contributed by atoms with E-state index in [0.717, 1.165) is 34.4 Å². The summed E-state index contributed by atoms with van der Waals surface area (Å²) in [5, 5.41) is 13.0. The molecule has 0 spiro atoms. The summed E-state index contributed by atoms with van der Waals surface area (Å²) in [4.78, 5) is 25.5. The lowest BCUT2D eigenvalue weighted by Gasteiger charge is -2.20. The highest BCUT2D eigenvalue weighted by Crippen LogP contribution is 2.46. The Labute approximate surface area is 273 Å². The lowest BCUT2D eigenvalue weighted by Crippen LogP contribution is -2.35. The van der Waals surface area contributed by atoms with Crippen LogP contribution in [0.3, 0.4) is 0 Å². The summed E-state index contributed by atoms with van der Waals surface area (Å²) >= 11 is 0. The van der Waals surface area contributed by atoms with Crippen LogP contribution >= 0.6 is 0 Å². The van der Waals surface area contributed by atoms with Gasteiger partial charge in [-0.1, -0.05) is 66.7 Å². The number of nitrogens with one attached hydrogen (secondary N) is 1. The number of aromatic nitrogens is 1. The zero-order valence-electron chi connectivity index (χ0n) is 25.4. The maximum Gasteiger partial charge on any atom is 0.416 e. The van der Waals surface area contributed by atoms with E-state index in [2.05, 4.69) is 5.32 Å². The molecule has 48 heavy (non-hydrogen) atoms. The van der Waals surface area contributed by atoms with E-state index < -0.39 is 35.0 Å². The second-order valence-electron chi connectivity index (χ2n) is 12.1. The van der Waals surface area contributed by atoms with Gasteiger partial charge in [-0.2, -0.15) is 13.2 Å². The quantitative estimate of drug-likeness (QED) is 0.162. The molecule has 5 aromatic carbocycles. The van der Waals surface area contributed by atoms with Crippen molar-refractivity contribution in [2.24, 2.45) is 0 Å². The van der Waals surface area contributed by atoms with Gasteiger partial charge in [0, 0.05) is 18.1 Å². The lowest BCUT2D eigenvalue weighted by atomic mass is 9.97. The normalized spacial score (nSPS) is 13.8. The summed E-state index contributed by atoms with van der Waals surface area (Å²) < 4.78 is 57.2. The van der Waals surface area contributed by atoms with Crippen molar-refractivity contribution >= 4 is 22.8 Å². The molecule has 0 radical (unpaired) electrons. The van der Waals surface area contributed by atoms with Crippen LogP contribution in [0.25, 0.3) is 33.2 Å². The molecule has 7 rings (SSSR count). The van der Waals surface area contributed by atoms with E-state index in [4.69, 9.17) is 0 Å². The summed E-state index contributed by atoms with van der Waals surface area (Å²) in [5.41, 5.74) is 3.20. The Kier molecular flexibility index (Phi) is 7.62. The van der Waals surface area contributed by atoms with Crippen LogP contribution in [0.5, 0.6) is 0 Å². The van der Waals surface area contributed by atoms with E-state index in [1.54, 1.807) is 24.3 Å². The number of alkyl halides is 3. The smallest absolute Gasteiger partial charge is 0.416 e. The number of carboxylic acids is 1.